The van der Waals surface area contributed by atoms with Crippen molar-refractivity contribution in [2.75, 3.05) is 18.6 Å². The quantitative estimate of drug-likeness (QED) is 0.768. The lowest BCUT2D eigenvalue weighted by molar-refractivity contribution is 0.239. The number of rotatable bonds is 7. The second-order valence-electron chi connectivity index (χ2n) is 3.40. The zero-order valence-corrected chi connectivity index (χ0v) is 10.8. The maximum absolute atomic E-state index is 9.17. The van der Waals surface area contributed by atoms with Crippen molar-refractivity contribution in [3.8, 4) is 0 Å². The molecule has 0 radical (unpaired) electrons. The molecule has 5 heteroatoms. The predicted molar refractivity (Wildman–Crippen MR) is 67.6 cm³/mol. The van der Waals surface area contributed by atoms with E-state index in [1.54, 1.807) is 11.3 Å². The number of aromatic nitrogens is 1. The predicted octanol–water partition coefficient (Wildman–Crippen LogP) is 1.66. The molecule has 1 rings (SSSR count). The minimum Gasteiger partial charge on any atom is -0.395 e. The Morgan fingerprint density at radius 1 is 1.67 bits per heavy atom. The van der Waals surface area contributed by atoms with Crippen LogP contribution in [0.5, 0.6) is 0 Å². The summed E-state index contributed by atoms with van der Waals surface area (Å²) in [7, 11) is 0. The number of aliphatic hydroxyl groups is 1. The molecule has 0 aromatic carbocycles. The van der Waals surface area contributed by atoms with Gasteiger partial charge in [-0.25, -0.2) is 4.98 Å². The van der Waals surface area contributed by atoms with Crippen LogP contribution in [0.3, 0.4) is 0 Å². The largest absolute Gasteiger partial charge is 0.395 e. The Kier molecular flexibility index (Phi) is 6.24. The molecule has 86 valence electrons. The molecule has 0 aliphatic rings. The molecule has 0 saturated heterocycles. The van der Waals surface area contributed by atoms with Gasteiger partial charge >= 0.3 is 0 Å². The number of nitrogens with zero attached hydrogens (tertiary/aromatic N) is 1. The number of aryl methyl sites for hydroxylation is 1. The molecule has 0 aliphatic carbocycles. The van der Waals surface area contributed by atoms with Crippen molar-refractivity contribution >= 4 is 23.1 Å². The van der Waals surface area contributed by atoms with Gasteiger partial charge in [-0.1, -0.05) is 0 Å². The molecule has 3 nitrogen and oxygen atoms in total. The van der Waals surface area contributed by atoms with Crippen LogP contribution in [-0.2, 0) is 6.54 Å². The summed E-state index contributed by atoms with van der Waals surface area (Å²) in [6, 6.07) is 0.207. The normalized spacial score (nSPS) is 13.0. The Hall–Kier alpha value is -0.100. The smallest absolute Gasteiger partial charge is 0.0798 e. The third-order valence-electron chi connectivity index (χ3n) is 2.29. The fourth-order valence-corrected chi connectivity index (χ4v) is 2.50. The van der Waals surface area contributed by atoms with Gasteiger partial charge in [-0.3, -0.25) is 0 Å². The molecule has 0 amide bonds. The Morgan fingerprint density at radius 2 is 2.47 bits per heavy atom. The number of hydrogen-bond donors (Lipinski definition) is 2. The van der Waals surface area contributed by atoms with E-state index in [1.165, 1.54) is 4.88 Å². The fraction of sp³-hybridized carbons (Fsp3) is 0.700. The molecule has 0 saturated carbocycles. The molecule has 1 unspecified atom stereocenters. The number of aliphatic hydroxyl groups excluding tert-OH is 1. The van der Waals surface area contributed by atoms with Crippen LogP contribution in [0.25, 0.3) is 0 Å². The molecular formula is C10H18N2OS2. The number of hydrogen-bond acceptors (Lipinski definition) is 5. The summed E-state index contributed by atoms with van der Waals surface area (Å²) in [6.07, 6.45) is 3.09. The topological polar surface area (TPSA) is 45.1 Å². The summed E-state index contributed by atoms with van der Waals surface area (Å²) in [5.74, 6) is 1.08. The van der Waals surface area contributed by atoms with Crippen LogP contribution < -0.4 is 5.32 Å². The number of thiazole rings is 1. The second kappa shape index (κ2) is 7.22. The van der Waals surface area contributed by atoms with Crippen molar-refractivity contribution in [3.63, 3.8) is 0 Å². The Balaban J connectivity index is 2.31. The van der Waals surface area contributed by atoms with Gasteiger partial charge in [0, 0.05) is 17.5 Å². The third kappa shape index (κ3) is 4.51. The van der Waals surface area contributed by atoms with E-state index in [1.807, 2.05) is 24.2 Å². The van der Waals surface area contributed by atoms with Crippen molar-refractivity contribution in [1.29, 1.82) is 0 Å². The third-order valence-corrected chi connectivity index (χ3v) is 3.87. The van der Waals surface area contributed by atoms with Crippen molar-refractivity contribution < 1.29 is 5.11 Å². The van der Waals surface area contributed by atoms with Gasteiger partial charge in [0.15, 0.2) is 0 Å². The van der Waals surface area contributed by atoms with E-state index in [4.69, 9.17) is 5.11 Å². The molecule has 0 aliphatic heterocycles. The molecule has 1 aromatic rings. The van der Waals surface area contributed by atoms with Crippen molar-refractivity contribution in [2.24, 2.45) is 0 Å². The zero-order chi connectivity index (χ0) is 11.1. The van der Waals surface area contributed by atoms with Gasteiger partial charge in [0.1, 0.15) is 0 Å². The van der Waals surface area contributed by atoms with Gasteiger partial charge in [-0.15, -0.1) is 11.3 Å². The van der Waals surface area contributed by atoms with Crippen LogP contribution in [0.1, 0.15) is 17.0 Å². The van der Waals surface area contributed by atoms with Crippen LogP contribution >= 0.6 is 23.1 Å². The van der Waals surface area contributed by atoms with Crippen LogP contribution in [0, 0.1) is 6.92 Å². The lowest BCUT2D eigenvalue weighted by Gasteiger charge is -2.14. The van der Waals surface area contributed by atoms with E-state index in [0.29, 0.717) is 0 Å². The van der Waals surface area contributed by atoms with Crippen molar-refractivity contribution in [2.45, 2.75) is 25.9 Å². The van der Waals surface area contributed by atoms with Gasteiger partial charge in [0.2, 0.25) is 0 Å². The molecule has 0 bridgehead atoms. The second-order valence-corrected chi connectivity index (χ2v) is 5.33. The highest BCUT2D eigenvalue weighted by atomic mass is 32.2. The fourth-order valence-electron chi connectivity index (χ4n) is 1.25. The summed E-state index contributed by atoms with van der Waals surface area (Å²) < 4.78 is 0. The Morgan fingerprint density at radius 3 is 3.00 bits per heavy atom. The monoisotopic (exact) mass is 246 g/mol. The minimum atomic E-state index is 0.207. The maximum Gasteiger partial charge on any atom is 0.0798 e. The molecule has 1 atom stereocenters. The summed E-state index contributed by atoms with van der Waals surface area (Å²) in [5, 5.41) is 12.5. The summed E-state index contributed by atoms with van der Waals surface area (Å²) in [4.78, 5) is 5.46. The first-order valence-corrected chi connectivity index (χ1v) is 7.27. The first kappa shape index (κ1) is 13.0. The molecule has 0 spiro atoms. The lowest BCUT2D eigenvalue weighted by Crippen LogP contribution is -2.32. The Bertz CT molecular complexity index is 278. The standard InChI is InChI=1S/C10H18N2OS2/c1-8-10(15-7-12-8)5-11-9(6-13)3-4-14-2/h7,9,11,13H,3-6H2,1-2H3. The number of nitrogens with one attached hydrogen (secondary N) is 1. The van der Waals surface area contributed by atoms with Gasteiger partial charge < -0.3 is 10.4 Å². The van der Waals surface area contributed by atoms with Crippen molar-refractivity contribution in [1.82, 2.24) is 10.3 Å². The highest BCUT2D eigenvalue weighted by Crippen LogP contribution is 2.12. The van der Waals surface area contributed by atoms with E-state index in [9.17, 15) is 0 Å². The van der Waals surface area contributed by atoms with Crippen LogP contribution in [0.2, 0.25) is 0 Å². The first-order chi connectivity index (χ1) is 7.27. The summed E-state index contributed by atoms with van der Waals surface area (Å²) >= 11 is 3.48. The highest BCUT2D eigenvalue weighted by molar-refractivity contribution is 7.98. The maximum atomic E-state index is 9.17. The van der Waals surface area contributed by atoms with Gasteiger partial charge in [0.05, 0.1) is 17.8 Å². The van der Waals surface area contributed by atoms with E-state index in [-0.39, 0.29) is 12.6 Å². The van der Waals surface area contributed by atoms with E-state index < -0.39 is 0 Å². The van der Waals surface area contributed by atoms with Crippen LogP contribution in [0.15, 0.2) is 5.51 Å². The minimum absolute atomic E-state index is 0.207. The van der Waals surface area contributed by atoms with Gasteiger partial charge in [0.25, 0.3) is 0 Å². The van der Waals surface area contributed by atoms with E-state index >= 15 is 0 Å². The van der Waals surface area contributed by atoms with Crippen LogP contribution in [-0.4, -0.2) is 34.7 Å². The SMILES string of the molecule is CSCCC(CO)NCc1scnc1C. The molecule has 1 aromatic heterocycles. The first-order valence-electron chi connectivity index (χ1n) is 5.00. The lowest BCUT2D eigenvalue weighted by atomic mass is 10.2. The zero-order valence-electron chi connectivity index (χ0n) is 9.19. The average molecular weight is 246 g/mol. The molecule has 2 N–H and O–H groups in total. The van der Waals surface area contributed by atoms with Gasteiger partial charge in [-0.05, 0) is 25.4 Å². The van der Waals surface area contributed by atoms with E-state index in [0.717, 1.165) is 24.4 Å². The van der Waals surface area contributed by atoms with Crippen molar-refractivity contribution in [3.05, 3.63) is 16.1 Å². The highest BCUT2D eigenvalue weighted by Gasteiger charge is 2.08. The summed E-state index contributed by atoms with van der Waals surface area (Å²) in [6.45, 7) is 3.04. The van der Waals surface area contributed by atoms with E-state index in [2.05, 4.69) is 16.6 Å². The summed E-state index contributed by atoms with van der Waals surface area (Å²) in [5.41, 5.74) is 2.96. The van der Waals surface area contributed by atoms with Crippen LogP contribution in [0.4, 0.5) is 0 Å². The molecule has 1 heterocycles. The molecular weight excluding hydrogens is 228 g/mol. The average Bonchev–Trinajstić information content (AvgIpc) is 2.65. The Labute approximate surface area is 99.3 Å². The number of thioether (sulfide) groups is 1. The molecule has 15 heavy (non-hydrogen) atoms. The van der Waals surface area contributed by atoms with Gasteiger partial charge in [-0.2, -0.15) is 11.8 Å². The molecule has 0 fully saturated rings.